The van der Waals surface area contributed by atoms with Crippen LogP contribution in [0.4, 0.5) is 5.95 Å². The first-order chi connectivity index (χ1) is 15.1. The number of para-hydroxylation sites is 2. The zero-order valence-corrected chi connectivity index (χ0v) is 18.0. The number of aryl methyl sites for hydroxylation is 2. The van der Waals surface area contributed by atoms with Crippen LogP contribution in [0.3, 0.4) is 0 Å². The standard InChI is InChI=1S/C23H27N7O/c1-3-30-19-9-5-4-8-18(19)27-22(30)17(14-24)21-16(2)15-26-23(28-21)25-11-7-13-29-12-6-10-20(29)31/h4-5,8-9,15,17H,3,6-7,10-13H2,1-2H3,(H,25,26,28). The minimum atomic E-state index is -0.585. The van der Waals surface area contributed by atoms with Crippen LogP contribution in [0.5, 0.6) is 0 Å². The Hall–Kier alpha value is -3.47. The normalized spacial score (nSPS) is 14.7. The third kappa shape index (κ3) is 4.22. The maximum Gasteiger partial charge on any atom is 0.222 e. The van der Waals surface area contributed by atoms with Crippen molar-refractivity contribution in [3.8, 4) is 6.07 Å². The van der Waals surface area contributed by atoms with E-state index >= 15 is 0 Å². The molecule has 1 aliphatic heterocycles. The van der Waals surface area contributed by atoms with E-state index in [-0.39, 0.29) is 5.91 Å². The Morgan fingerprint density at radius 3 is 2.87 bits per heavy atom. The molecule has 1 aromatic carbocycles. The third-order valence-corrected chi connectivity index (χ3v) is 5.73. The molecule has 8 heteroatoms. The second kappa shape index (κ2) is 9.13. The lowest BCUT2D eigenvalue weighted by Crippen LogP contribution is -2.27. The molecule has 3 aromatic rings. The second-order valence-electron chi connectivity index (χ2n) is 7.79. The first-order valence-corrected chi connectivity index (χ1v) is 10.8. The van der Waals surface area contributed by atoms with Crippen molar-refractivity contribution in [2.75, 3.05) is 25.0 Å². The number of imidazole rings is 1. The van der Waals surface area contributed by atoms with Crippen LogP contribution in [0.25, 0.3) is 11.0 Å². The van der Waals surface area contributed by atoms with E-state index in [4.69, 9.17) is 4.98 Å². The fourth-order valence-electron chi connectivity index (χ4n) is 4.13. The number of amides is 1. The fourth-order valence-corrected chi connectivity index (χ4v) is 4.13. The number of anilines is 1. The molecule has 1 aliphatic rings. The first kappa shape index (κ1) is 20.8. The van der Waals surface area contributed by atoms with Crippen molar-refractivity contribution in [3.05, 3.63) is 47.5 Å². The molecule has 1 fully saturated rings. The third-order valence-electron chi connectivity index (χ3n) is 5.73. The summed E-state index contributed by atoms with van der Waals surface area (Å²) in [6, 6.07) is 10.3. The highest BCUT2D eigenvalue weighted by molar-refractivity contribution is 5.78. The quantitative estimate of drug-likeness (QED) is 0.565. The van der Waals surface area contributed by atoms with Gasteiger partial charge < -0.3 is 14.8 Å². The van der Waals surface area contributed by atoms with Gasteiger partial charge in [0.25, 0.3) is 0 Å². The fraction of sp³-hybridized carbons (Fsp3) is 0.435. The summed E-state index contributed by atoms with van der Waals surface area (Å²) in [5, 5.41) is 13.3. The predicted octanol–water partition coefficient (Wildman–Crippen LogP) is 3.23. The number of hydrogen-bond acceptors (Lipinski definition) is 6. The average molecular weight is 418 g/mol. The van der Waals surface area contributed by atoms with Crippen LogP contribution < -0.4 is 5.32 Å². The largest absolute Gasteiger partial charge is 0.354 e. The number of benzene rings is 1. The van der Waals surface area contributed by atoms with Crippen molar-refractivity contribution in [1.82, 2.24) is 24.4 Å². The molecule has 2 aromatic heterocycles. The number of aromatic nitrogens is 4. The van der Waals surface area contributed by atoms with E-state index in [1.54, 1.807) is 6.20 Å². The molecule has 0 aliphatic carbocycles. The number of carbonyl (C=O) groups excluding carboxylic acids is 1. The predicted molar refractivity (Wildman–Crippen MR) is 119 cm³/mol. The molecular formula is C23H27N7O. The van der Waals surface area contributed by atoms with Crippen LogP contribution in [-0.4, -0.2) is 50.0 Å². The molecule has 0 saturated carbocycles. The highest BCUT2D eigenvalue weighted by atomic mass is 16.2. The number of likely N-dealkylation sites (tertiary alicyclic amines) is 1. The van der Waals surface area contributed by atoms with Crippen LogP contribution in [0.15, 0.2) is 30.5 Å². The van der Waals surface area contributed by atoms with Gasteiger partial charge in [-0.05, 0) is 44.4 Å². The van der Waals surface area contributed by atoms with Crippen molar-refractivity contribution in [3.63, 3.8) is 0 Å². The highest BCUT2D eigenvalue weighted by Gasteiger charge is 2.25. The van der Waals surface area contributed by atoms with Gasteiger partial charge in [0.15, 0.2) is 0 Å². The van der Waals surface area contributed by atoms with Gasteiger partial charge in [-0.25, -0.2) is 15.0 Å². The summed E-state index contributed by atoms with van der Waals surface area (Å²) < 4.78 is 2.07. The number of hydrogen-bond donors (Lipinski definition) is 1. The van der Waals surface area contributed by atoms with Crippen LogP contribution in [-0.2, 0) is 11.3 Å². The summed E-state index contributed by atoms with van der Waals surface area (Å²) in [6.45, 7) is 6.95. The Morgan fingerprint density at radius 2 is 2.13 bits per heavy atom. The summed E-state index contributed by atoms with van der Waals surface area (Å²) in [5.41, 5.74) is 3.41. The lowest BCUT2D eigenvalue weighted by molar-refractivity contribution is -0.127. The van der Waals surface area contributed by atoms with Gasteiger partial charge in [-0.15, -0.1) is 0 Å². The molecule has 0 radical (unpaired) electrons. The van der Waals surface area contributed by atoms with E-state index in [9.17, 15) is 10.1 Å². The molecule has 0 bridgehead atoms. The first-order valence-electron chi connectivity index (χ1n) is 10.8. The molecule has 160 valence electrons. The molecule has 1 amide bonds. The number of nitrogens with one attached hydrogen (secondary N) is 1. The Bertz CT molecular complexity index is 1130. The number of fused-ring (bicyclic) bond motifs is 1. The summed E-state index contributed by atoms with van der Waals surface area (Å²) in [6.07, 6.45) is 4.19. The molecule has 0 spiro atoms. The maximum atomic E-state index is 11.7. The van der Waals surface area contributed by atoms with Crippen molar-refractivity contribution < 1.29 is 4.79 Å². The van der Waals surface area contributed by atoms with E-state index in [2.05, 4.69) is 32.8 Å². The van der Waals surface area contributed by atoms with Crippen molar-refractivity contribution in [2.24, 2.45) is 0 Å². The van der Waals surface area contributed by atoms with Gasteiger partial charge in [-0.2, -0.15) is 5.26 Å². The van der Waals surface area contributed by atoms with E-state index in [1.165, 1.54) is 0 Å². The molecule has 4 rings (SSSR count). The van der Waals surface area contributed by atoms with E-state index in [0.717, 1.165) is 49.1 Å². The molecule has 3 heterocycles. The zero-order chi connectivity index (χ0) is 21.8. The highest BCUT2D eigenvalue weighted by Crippen LogP contribution is 2.28. The topological polar surface area (TPSA) is 99.7 Å². The van der Waals surface area contributed by atoms with Gasteiger partial charge >= 0.3 is 0 Å². The van der Waals surface area contributed by atoms with Gasteiger partial charge in [0.2, 0.25) is 11.9 Å². The van der Waals surface area contributed by atoms with Crippen LogP contribution in [0.2, 0.25) is 0 Å². The van der Waals surface area contributed by atoms with Crippen molar-refractivity contribution in [2.45, 2.75) is 45.6 Å². The van der Waals surface area contributed by atoms with Crippen LogP contribution in [0.1, 0.15) is 49.2 Å². The molecule has 1 N–H and O–H groups in total. The second-order valence-corrected chi connectivity index (χ2v) is 7.79. The molecule has 1 unspecified atom stereocenters. The minimum Gasteiger partial charge on any atom is -0.354 e. The van der Waals surface area contributed by atoms with Gasteiger partial charge in [0.1, 0.15) is 11.7 Å². The number of carbonyl (C=O) groups is 1. The maximum absolute atomic E-state index is 11.7. The lowest BCUT2D eigenvalue weighted by atomic mass is 10.0. The van der Waals surface area contributed by atoms with Gasteiger partial charge in [0.05, 0.1) is 22.8 Å². The van der Waals surface area contributed by atoms with Gasteiger partial charge in [0, 0.05) is 38.8 Å². The Kier molecular flexibility index (Phi) is 6.12. The Balaban J connectivity index is 1.53. The minimum absolute atomic E-state index is 0.240. The van der Waals surface area contributed by atoms with E-state index in [1.807, 2.05) is 36.1 Å². The smallest absolute Gasteiger partial charge is 0.222 e. The summed E-state index contributed by atoms with van der Waals surface area (Å²) in [4.78, 5) is 27.4. The number of nitriles is 1. The van der Waals surface area contributed by atoms with Gasteiger partial charge in [-0.1, -0.05) is 12.1 Å². The molecule has 31 heavy (non-hydrogen) atoms. The lowest BCUT2D eigenvalue weighted by Gasteiger charge is -2.16. The monoisotopic (exact) mass is 417 g/mol. The van der Waals surface area contributed by atoms with E-state index in [0.29, 0.717) is 30.4 Å². The van der Waals surface area contributed by atoms with Crippen LogP contribution >= 0.6 is 0 Å². The summed E-state index contributed by atoms with van der Waals surface area (Å²) in [7, 11) is 0. The Labute approximate surface area is 181 Å². The van der Waals surface area contributed by atoms with E-state index < -0.39 is 5.92 Å². The number of nitrogens with zero attached hydrogens (tertiary/aromatic N) is 6. The summed E-state index contributed by atoms with van der Waals surface area (Å²) in [5.74, 6) is 0.849. The average Bonchev–Trinajstić information content (AvgIpc) is 3.36. The molecular weight excluding hydrogens is 390 g/mol. The van der Waals surface area contributed by atoms with Gasteiger partial charge in [-0.3, -0.25) is 4.79 Å². The molecule has 1 saturated heterocycles. The zero-order valence-electron chi connectivity index (χ0n) is 18.0. The van der Waals surface area contributed by atoms with Crippen molar-refractivity contribution >= 4 is 22.9 Å². The molecule has 8 nitrogen and oxygen atoms in total. The molecule has 1 atom stereocenters. The summed E-state index contributed by atoms with van der Waals surface area (Å²) >= 11 is 0. The van der Waals surface area contributed by atoms with Crippen LogP contribution in [0, 0.1) is 18.3 Å². The SMILES string of the molecule is CCn1c(C(C#N)c2nc(NCCCN3CCCC3=O)ncc2C)nc2ccccc21. The Morgan fingerprint density at radius 1 is 1.29 bits per heavy atom. The van der Waals surface area contributed by atoms with Crippen molar-refractivity contribution in [1.29, 1.82) is 5.26 Å². The number of rotatable bonds is 8.